The number of amides is 2. The summed E-state index contributed by atoms with van der Waals surface area (Å²) in [4.78, 5) is 24.7. The molecule has 7 nitrogen and oxygen atoms in total. The molecule has 0 bridgehead atoms. The Balaban J connectivity index is 1.46. The largest absolute Gasteiger partial charge is 0.366 e. The predicted molar refractivity (Wildman–Crippen MR) is 104 cm³/mol. The highest BCUT2D eigenvalue weighted by atomic mass is 32.2. The lowest BCUT2D eigenvalue weighted by Gasteiger charge is -2.08. The maximum Gasteiger partial charge on any atom is 0.251 e. The highest BCUT2D eigenvalue weighted by Gasteiger charge is 2.30. The van der Waals surface area contributed by atoms with Gasteiger partial charge in [-0.25, -0.2) is 0 Å². The molecule has 0 saturated heterocycles. The summed E-state index contributed by atoms with van der Waals surface area (Å²) < 4.78 is 2.13. The van der Waals surface area contributed by atoms with Gasteiger partial charge in [-0.2, -0.15) is 0 Å². The van der Waals surface area contributed by atoms with Crippen LogP contribution in [0.4, 0.5) is 5.00 Å². The fraction of sp³-hybridized carbons (Fsp3) is 0.250. The van der Waals surface area contributed by atoms with E-state index in [0.717, 1.165) is 28.7 Å². The van der Waals surface area contributed by atoms with Gasteiger partial charge in [-0.15, -0.1) is 32.9 Å². The van der Waals surface area contributed by atoms with E-state index >= 15 is 0 Å². The van der Waals surface area contributed by atoms with Gasteiger partial charge in [0.05, 0.1) is 16.2 Å². The van der Waals surface area contributed by atoms with Crippen molar-refractivity contribution in [2.75, 3.05) is 11.1 Å². The maximum absolute atomic E-state index is 12.3. The van der Waals surface area contributed by atoms with E-state index in [1.807, 2.05) is 17.5 Å². The maximum atomic E-state index is 12.3. The minimum Gasteiger partial charge on any atom is -0.366 e. The average Bonchev–Trinajstić information content (AvgIpc) is 3.06. The Kier molecular flexibility index (Phi) is 4.79. The smallest absolute Gasteiger partial charge is 0.251 e. The molecule has 0 spiro atoms. The summed E-state index contributed by atoms with van der Waals surface area (Å²) in [6, 6.07) is 6.03. The molecule has 3 aromatic rings. The van der Waals surface area contributed by atoms with Gasteiger partial charge in [0.2, 0.25) is 5.91 Å². The number of nitrogens with one attached hydrogen (secondary N) is 1. The number of nitrogens with zero attached hydrogens (tertiary/aromatic N) is 3. The Bertz CT molecular complexity index is 943. The zero-order chi connectivity index (χ0) is 18.1. The van der Waals surface area contributed by atoms with E-state index in [2.05, 4.69) is 20.1 Å². The Morgan fingerprint density at radius 3 is 2.81 bits per heavy atom. The third-order valence-electron chi connectivity index (χ3n) is 3.83. The van der Waals surface area contributed by atoms with E-state index in [9.17, 15) is 9.59 Å². The zero-order valence-corrected chi connectivity index (χ0v) is 16.0. The van der Waals surface area contributed by atoms with Gasteiger partial charge in [-0.1, -0.05) is 17.8 Å². The van der Waals surface area contributed by atoms with E-state index in [1.54, 1.807) is 22.8 Å². The van der Waals surface area contributed by atoms with Crippen LogP contribution in [0.1, 0.15) is 29.2 Å². The van der Waals surface area contributed by atoms with Crippen molar-refractivity contribution in [2.24, 2.45) is 5.73 Å². The third-order valence-corrected chi connectivity index (χ3v) is 6.47. The molecule has 0 aliphatic heterocycles. The van der Waals surface area contributed by atoms with Gasteiger partial charge >= 0.3 is 0 Å². The normalized spacial score (nSPS) is 13.7. The number of primary amides is 1. The first-order valence-electron chi connectivity index (χ1n) is 7.92. The molecule has 0 aromatic carbocycles. The quantitative estimate of drug-likeness (QED) is 0.588. The van der Waals surface area contributed by atoms with E-state index in [-0.39, 0.29) is 11.7 Å². The number of thioether (sulfide) groups is 1. The van der Waals surface area contributed by atoms with Crippen LogP contribution in [0.5, 0.6) is 0 Å². The van der Waals surface area contributed by atoms with Crippen LogP contribution in [0.25, 0.3) is 10.7 Å². The van der Waals surface area contributed by atoms with Gasteiger partial charge < -0.3 is 11.1 Å². The van der Waals surface area contributed by atoms with Crippen LogP contribution in [0.15, 0.2) is 34.1 Å². The molecule has 3 N–H and O–H groups in total. The monoisotopic (exact) mass is 405 g/mol. The lowest BCUT2D eigenvalue weighted by Crippen LogP contribution is -2.18. The fourth-order valence-corrected chi connectivity index (χ4v) is 4.82. The first kappa shape index (κ1) is 17.3. The van der Waals surface area contributed by atoms with Crippen molar-refractivity contribution in [1.29, 1.82) is 0 Å². The Labute approximate surface area is 161 Å². The first-order valence-corrected chi connectivity index (χ1v) is 10.7. The molecule has 2 amide bonds. The minimum atomic E-state index is -0.553. The highest BCUT2D eigenvalue weighted by molar-refractivity contribution is 7.99. The molecule has 0 unspecified atom stereocenters. The van der Waals surface area contributed by atoms with Crippen molar-refractivity contribution in [3.63, 3.8) is 0 Å². The number of carbonyl (C=O) groups is 2. The number of aromatic nitrogens is 3. The number of rotatable bonds is 7. The molecule has 10 heteroatoms. The van der Waals surface area contributed by atoms with Crippen LogP contribution in [-0.2, 0) is 4.79 Å². The minimum absolute atomic E-state index is 0.186. The number of anilines is 1. The van der Waals surface area contributed by atoms with Crippen molar-refractivity contribution >= 4 is 51.3 Å². The topological polar surface area (TPSA) is 103 Å². The average molecular weight is 406 g/mol. The molecule has 4 rings (SSSR count). The molecule has 3 aromatic heterocycles. The summed E-state index contributed by atoms with van der Waals surface area (Å²) in [5, 5.41) is 16.3. The van der Waals surface area contributed by atoms with E-state index in [1.165, 1.54) is 23.1 Å². The summed E-state index contributed by atoms with van der Waals surface area (Å²) in [5.41, 5.74) is 5.63. The second-order valence-corrected chi connectivity index (χ2v) is 8.56. The van der Waals surface area contributed by atoms with Gasteiger partial charge in [0.1, 0.15) is 5.00 Å². The summed E-state index contributed by atoms with van der Waals surface area (Å²) in [7, 11) is 0. The van der Waals surface area contributed by atoms with Crippen molar-refractivity contribution in [2.45, 2.75) is 24.0 Å². The number of nitrogens with two attached hydrogens (primary N) is 1. The Hall–Kier alpha value is -2.17. The standard InChI is InChI=1S/C16H15N5O2S3/c17-13(23)10-5-7-25-15(10)18-12(22)8-26-16-20-19-14(11-2-1-6-24-11)21(16)9-3-4-9/h1-2,5-7,9H,3-4,8H2,(H2,17,23)(H,18,22). The molecule has 1 aliphatic carbocycles. The van der Waals surface area contributed by atoms with Crippen LogP contribution in [0.2, 0.25) is 0 Å². The van der Waals surface area contributed by atoms with Crippen LogP contribution >= 0.6 is 34.4 Å². The van der Waals surface area contributed by atoms with E-state index in [4.69, 9.17) is 5.73 Å². The molecular formula is C16H15N5O2S3. The van der Waals surface area contributed by atoms with Gasteiger partial charge in [0, 0.05) is 6.04 Å². The molecular weight excluding hydrogens is 390 g/mol. The number of thiophene rings is 2. The predicted octanol–water partition coefficient (Wildman–Crippen LogP) is 3.23. The molecule has 0 atom stereocenters. The molecule has 0 radical (unpaired) electrons. The zero-order valence-electron chi connectivity index (χ0n) is 13.5. The molecule has 1 saturated carbocycles. The Morgan fingerprint density at radius 2 is 2.12 bits per heavy atom. The van der Waals surface area contributed by atoms with E-state index < -0.39 is 5.91 Å². The number of hydrogen-bond donors (Lipinski definition) is 2. The van der Waals surface area contributed by atoms with Crippen molar-refractivity contribution in [3.8, 4) is 10.7 Å². The van der Waals surface area contributed by atoms with Gasteiger partial charge in [0.25, 0.3) is 5.91 Å². The number of carbonyl (C=O) groups excluding carboxylic acids is 2. The van der Waals surface area contributed by atoms with Crippen LogP contribution < -0.4 is 11.1 Å². The summed E-state index contributed by atoms with van der Waals surface area (Å²) in [5.74, 6) is 0.289. The third kappa shape index (κ3) is 3.53. The molecule has 1 aliphatic rings. The van der Waals surface area contributed by atoms with Crippen LogP contribution in [0, 0.1) is 0 Å². The summed E-state index contributed by atoms with van der Waals surface area (Å²) >= 11 is 4.25. The van der Waals surface area contributed by atoms with Gasteiger partial charge in [0.15, 0.2) is 11.0 Å². The molecule has 26 heavy (non-hydrogen) atoms. The van der Waals surface area contributed by atoms with Crippen molar-refractivity contribution in [3.05, 3.63) is 34.5 Å². The van der Waals surface area contributed by atoms with Crippen LogP contribution in [0.3, 0.4) is 0 Å². The molecule has 134 valence electrons. The second kappa shape index (κ2) is 7.22. The lowest BCUT2D eigenvalue weighted by molar-refractivity contribution is -0.113. The fourth-order valence-electron chi connectivity index (χ4n) is 2.50. The first-order chi connectivity index (χ1) is 12.6. The lowest BCUT2D eigenvalue weighted by atomic mass is 10.3. The van der Waals surface area contributed by atoms with Gasteiger partial charge in [-0.05, 0) is 35.7 Å². The van der Waals surface area contributed by atoms with Crippen molar-refractivity contribution in [1.82, 2.24) is 14.8 Å². The number of hydrogen-bond acceptors (Lipinski definition) is 7. The summed E-state index contributed by atoms with van der Waals surface area (Å²) in [6.45, 7) is 0. The molecule has 3 heterocycles. The highest BCUT2D eigenvalue weighted by Crippen LogP contribution is 2.41. The molecule has 1 fully saturated rings. The van der Waals surface area contributed by atoms with Gasteiger partial charge in [-0.3, -0.25) is 14.2 Å². The van der Waals surface area contributed by atoms with E-state index in [0.29, 0.717) is 16.6 Å². The van der Waals surface area contributed by atoms with Crippen LogP contribution in [-0.4, -0.2) is 32.3 Å². The second-order valence-electron chi connectivity index (χ2n) is 5.75. The summed E-state index contributed by atoms with van der Waals surface area (Å²) in [6.07, 6.45) is 2.21. The Morgan fingerprint density at radius 1 is 1.27 bits per heavy atom. The SMILES string of the molecule is NC(=O)c1ccsc1NC(=O)CSc1nnc(-c2cccs2)n1C1CC1. The van der Waals surface area contributed by atoms with Crippen molar-refractivity contribution < 1.29 is 9.59 Å².